The minimum Gasteiger partial charge on any atom is -0.235 e. The summed E-state index contributed by atoms with van der Waals surface area (Å²) in [5.41, 5.74) is 0. The van der Waals surface area contributed by atoms with Crippen LogP contribution < -0.4 is 0 Å². The Morgan fingerprint density at radius 1 is 1.00 bits per heavy atom. The Labute approximate surface area is 56.6 Å². The molecule has 0 rings (SSSR count). The molecule has 0 bridgehead atoms. The van der Waals surface area contributed by atoms with Crippen LogP contribution in [0.15, 0.2) is 0 Å². The van der Waals surface area contributed by atoms with E-state index in [0.29, 0.717) is 0 Å². The summed E-state index contributed by atoms with van der Waals surface area (Å²) in [6.45, 7) is 0. The van der Waals surface area contributed by atoms with E-state index in [9.17, 15) is 0 Å². The average Bonchev–Trinajstić information content (AvgIpc) is 0.918. The van der Waals surface area contributed by atoms with Gasteiger partial charge in [-0.1, -0.05) is 0 Å². The van der Waals surface area contributed by atoms with Gasteiger partial charge in [-0.2, -0.15) is 19.8 Å². The summed E-state index contributed by atoms with van der Waals surface area (Å²) < 4.78 is 16.8. The summed E-state index contributed by atoms with van der Waals surface area (Å²) in [7, 11) is 0. The van der Waals surface area contributed by atoms with E-state index in [-0.39, 0.29) is 36.3 Å². The third-order valence-electron chi connectivity index (χ3n) is 0. The Hall–Kier alpha value is 1.30. The second-order valence-electron chi connectivity index (χ2n) is 0.0833. The van der Waals surface area contributed by atoms with Crippen LogP contribution in [0.5, 0.6) is 0 Å². The Morgan fingerprint density at radius 2 is 1.00 bits per heavy atom. The van der Waals surface area contributed by atoms with Crippen molar-refractivity contribution in [2.24, 2.45) is 0 Å². The van der Waals surface area contributed by atoms with Gasteiger partial charge in [-0.3, -0.25) is 0 Å². The molecule has 0 aliphatic rings. The SMILES string of the molecule is O=[SH2]=O.P.P.[Ni]. The molecule has 2 unspecified atom stereocenters. The van der Waals surface area contributed by atoms with Gasteiger partial charge in [0.05, 0.1) is 0 Å². The fraction of sp³-hybridized carbons (Fsp3) is 0. The van der Waals surface area contributed by atoms with Crippen LogP contribution in [0.3, 0.4) is 0 Å². The minimum atomic E-state index is -1.42. The molecular formula is H8NiO2P2S. The van der Waals surface area contributed by atoms with Crippen molar-refractivity contribution < 1.29 is 24.9 Å². The van der Waals surface area contributed by atoms with E-state index >= 15 is 0 Å². The second-order valence-corrected chi connectivity index (χ2v) is 0.250. The fourth-order valence-electron chi connectivity index (χ4n) is 0. The molecule has 6 heteroatoms. The molecule has 0 amide bonds. The zero-order valence-electron chi connectivity index (χ0n) is 3.05. The molecule has 0 saturated heterocycles. The van der Waals surface area contributed by atoms with Gasteiger partial charge in [0.25, 0.3) is 0 Å². The normalized spacial score (nSPS) is 2.67. The van der Waals surface area contributed by atoms with Crippen LogP contribution in [-0.2, 0) is 28.1 Å². The molecule has 0 saturated carbocycles. The molecule has 0 aromatic carbocycles. The summed E-state index contributed by atoms with van der Waals surface area (Å²) in [4.78, 5) is 0. The zero-order chi connectivity index (χ0) is 2.71. The Morgan fingerprint density at radius 3 is 1.00 bits per heavy atom. The summed E-state index contributed by atoms with van der Waals surface area (Å²) in [6.07, 6.45) is 0. The predicted octanol–water partition coefficient (Wildman–Crippen LogP) is -1.09. The monoisotopic (exact) mass is 192 g/mol. The topological polar surface area (TPSA) is 34.1 Å². The smallest absolute Gasteiger partial charge is 0.129 e. The maximum absolute atomic E-state index is 8.40. The fourth-order valence-corrected chi connectivity index (χ4v) is 0. The van der Waals surface area contributed by atoms with E-state index in [1.807, 2.05) is 0 Å². The van der Waals surface area contributed by atoms with E-state index < -0.39 is 11.6 Å². The molecule has 0 fully saturated rings. The first-order chi connectivity index (χ1) is 1.41. The van der Waals surface area contributed by atoms with Gasteiger partial charge in [-0.25, -0.2) is 8.42 Å². The molecular weight excluding hydrogens is 185 g/mol. The maximum atomic E-state index is 8.40. The molecule has 0 aromatic rings. The molecule has 0 aromatic heterocycles. The van der Waals surface area contributed by atoms with Crippen molar-refractivity contribution in [1.29, 1.82) is 0 Å². The summed E-state index contributed by atoms with van der Waals surface area (Å²) >= 11 is -1.42. The van der Waals surface area contributed by atoms with Gasteiger partial charge in [0, 0.05) is 16.5 Å². The summed E-state index contributed by atoms with van der Waals surface area (Å²) in [6, 6.07) is 0. The number of hydrogen-bond acceptors (Lipinski definition) is 2. The molecule has 0 aliphatic heterocycles. The van der Waals surface area contributed by atoms with E-state index in [4.69, 9.17) is 8.42 Å². The zero-order valence-corrected chi connectivity index (χ0v) is 7.86. The third kappa shape index (κ3) is 57.8. The van der Waals surface area contributed by atoms with Crippen molar-refractivity contribution in [2.75, 3.05) is 0 Å². The first-order valence-corrected chi connectivity index (χ1v) is 1.22. The van der Waals surface area contributed by atoms with Crippen LogP contribution in [0.4, 0.5) is 0 Å². The van der Waals surface area contributed by atoms with Gasteiger partial charge in [-0.05, 0) is 0 Å². The Kier molecular flexibility index (Phi) is 148. The van der Waals surface area contributed by atoms with Crippen molar-refractivity contribution in [3.05, 3.63) is 0 Å². The van der Waals surface area contributed by atoms with Crippen LogP contribution >= 0.6 is 19.8 Å². The second kappa shape index (κ2) is 33.4. The molecule has 0 heterocycles. The van der Waals surface area contributed by atoms with Crippen LogP contribution in [0.1, 0.15) is 0 Å². The van der Waals surface area contributed by atoms with Crippen molar-refractivity contribution in [2.45, 2.75) is 0 Å². The van der Waals surface area contributed by atoms with Crippen LogP contribution in [0, 0.1) is 0 Å². The Bertz CT molecular complexity index is 32.5. The third-order valence-corrected chi connectivity index (χ3v) is 0. The van der Waals surface area contributed by atoms with Gasteiger partial charge >= 0.3 is 0 Å². The molecule has 6 heavy (non-hydrogen) atoms. The van der Waals surface area contributed by atoms with Crippen LogP contribution in [0.2, 0.25) is 0 Å². The van der Waals surface area contributed by atoms with Crippen molar-refractivity contribution in [3.8, 4) is 0 Å². The minimum absolute atomic E-state index is 0. The molecule has 0 N–H and O–H groups in total. The molecule has 0 aliphatic carbocycles. The number of rotatable bonds is 0. The average molecular weight is 193 g/mol. The van der Waals surface area contributed by atoms with Crippen LogP contribution in [0.25, 0.3) is 0 Å². The molecule has 0 spiro atoms. The van der Waals surface area contributed by atoms with Gasteiger partial charge in [0.2, 0.25) is 0 Å². The molecule has 46 valence electrons. The van der Waals surface area contributed by atoms with Gasteiger partial charge in [-0.15, -0.1) is 0 Å². The molecule has 2 nitrogen and oxygen atoms in total. The van der Waals surface area contributed by atoms with Gasteiger partial charge in [0.1, 0.15) is 11.6 Å². The van der Waals surface area contributed by atoms with E-state index in [1.54, 1.807) is 0 Å². The Balaban J connectivity index is -0.00000000667. The van der Waals surface area contributed by atoms with Crippen LogP contribution in [-0.4, -0.2) is 8.42 Å². The van der Waals surface area contributed by atoms with Crippen molar-refractivity contribution in [1.82, 2.24) is 0 Å². The molecule has 2 atom stereocenters. The quantitative estimate of drug-likeness (QED) is 0.361. The first-order valence-electron chi connectivity index (χ1n) is 0.408. The van der Waals surface area contributed by atoms with Gasteiger partial charge < -0.3 is 0 Å². The predicted molar refractivity (Wildman–Crippen MR) is 33.9 cm³/mol. The van der Waals surface area contributed by atoms with E-state index in [1.165, 1.54) is 0 Å². The first kappa shape index (κ1) is 26.6. The van der Waals surface area contributed by atoms with E-state index in [2.05, 4.69) is 0 Å². The summed E-state index contributed by atoms with van der Waals surface area (Å²) in [5, 5.41) is 0. The van der Waals surface area contributed by atoms with Gasteiger partial charge in [0.15, 0.2) is 0 Å². The maximum Gasteiger partial charge on any atom is 0.129 e. The van der Waals surface area contributed by atoms with Crippen molar-refractivity contribution in [3.63, 3.8) is 0 Å². The van der Waals surface area contributed by atoms with Crippen molar-refractivity contribution >= 4 is 31.4 Å². The largest absolute Gasteiger partial charge is 0.235 e. The number of hydrogen-bond donors (Lipinski definition) is 0. The standard InChI is InChI=1S/Ni.H2O2S.2H3P/c;1-3-2;;/h;3H2;2*1H3. The summed E-state index contributed by atoms with van der Waals surface area (Å²) in [5.74, 6) is 0. The molecule has 0 radical (unpaired) electrons. The van der Waals surface area contributed by atoms with E-state index in [0.717, 1.165) is 0 Å².